The minimum absolute atomic E-state index is 0.179. The van der Waals surface area contributed by atoms with Gasteiger partial charge in [-0.15, -0.1) is 0 Å². The minimum Gasteiger partial charge on any atom is -0.316 e. The molecular weight excluding hydrogens is 220 g/mol. The zero-order valence-corrected chi connectivity index (χ0v) is 9.66. The molecule has 0 aromatic heterocycles. The molecule has 0 radical (unpaired) electrons. The highest BCUT2D eigenvalue weighted by Gasteiger charge is 2.27. The Bertz CT molecular complexity index is 282. The molecule has 2 aliphatic rings. The lowest BCUT2D eigenvalue weighted by Gasteiger charge is -2.27. The first kappa shape index (κ1) is 10.7. The van der Waals surface area contributed by atoms with Gasteiger partial charge in [0.25, 0.3) is 0 Å². The quantitative estimate of drug-likeness (QED) is 0.699. The van der Waals surface area contributed by atoms with Gasteiger partial charge in [-0.2, -0.15) is 11.8 Å². The van der Waals surface area contributed by atoms with E-state index >= 15 is 0 Å². The molecule has 0 aromatic rings. The van der Waals surface area contributed by atoms with E-state index in [1.54, 1.807) is 0 Å². The standard InChI is InChI=1S/C8H16N2O2S2/c11-14(12,6-7-3-9-4-7)10-8-1-2-13-5-8/h7-10H,1-6H2. The summed E-state index contributed by atoms with van der Waals surface area (Å²) in [5.41, 5.74) is 0. The molecule has 2 N–H and O–H groups in total. The molecule has 2 aliphatic heterocycles. The van der Waals surface area contributed by atoms with Gasteiger partial charge in [-0.3, -0.25) is 0 Å². The van der Waals surface area contributed by atoms with E-state index in [2.05, 4.69) is 10.0 Å². The highest BCUT2D eigenvalue weighted by molar-refractivity contribution is 7.99. The third kappa shape index (κ3) is 2.85. The molecule has 0 aromatic carbocycles. The van der Waals surface area contributed by atoms with Gasteiger partial charge in [-0.1, -0.05) is 0 Å². The lowest BCUT2D eigenvalue weighted by molar-refractivity contribution is 0.376. The molecule has 1 unspecified atom stereocenters. The van der Waals surface area contributed by atoms with Crippen LogP contribution in [0, 0.1) is 5.92 Å². The highest BCUT2D eigenvalue weighted by atomic mass is 32.2. The average molecular weight is 236 g/mol. The fourth-order valence-corrected chi connectivity index (χ4v) is 4.63. The van der Waals surface area contributed by atoms with Crippen molar-refractivity contribution in [1.29, 1.82) is 0 Å². The predicted octanol–water partition coefficient (Wildman–Crippen LogP) is -0.369. The Kier molecular flexibility index (Phi) is 3.36. The number of sulfonamides is 1. The van der Waals surface area contributed by atoms with E-state index in [-0.39, 0.29) is 6.04 Å². The van der Waals surface area contributed by atoms with Crippen LogP contribution in [0.25, 0.3) is 0 Å². The summed E-state index contributed by atoms with van der Waals surface area (Å²) in [5, 5.41) is 3.08. The smallest absolute Gasteiger partial charge is 0.212 e. The van der Waals surface area contributed by atoms with Crippen molar-refractivity contribution in [2.45, 2.75) is 12.5 Å². The fraction of sp³-hybridized carbons (Fsp3) is 1.00. The van der Waals surface area contributed by atoms with Gasteiger partial charge >= 0.3 is 0 Å². The summed E-state index contributed by atoms with van der Waals surface area (Å²) in [6, 6.07) is 0.179. The average Bonchev–Trinajstić information content (AvgIpc) is 2.49. The molecule has 0 aliphatic carbocycles. The Labute approximate surface area is 89.3 Å². The number of hydrogen-bond donors (Lipinski definition) is 2. The first-order valence-electron chi connectivity index (χ1n) is 4.94. The molecule has 0 saturated carbocycles. The molecule has 14 heavy (non-hydrogen) atoms. The number of thioether (sulfide) groups is 1. The molecule has 0 spiro atoms. The summed E-state index contributed by atoms with van der Waals surface area (Å²) >= 11 is 1.82. The van der Waals surface area contributed by atoms with Gasteiger partial charge in [0, 0.05) is 24.9 Å². The van der Waals surface area contributed by atoms with Gasteiger partial charge < -0.3 is 5.32 Å². The SMILES string of the molecule is O=S(=O)(CC1CNC1)NC1CCSC1. The van der Waals surface area contributed by atoms with Crippen molar-refractivity contribution in [3.05, 3.63) is 0 Å². The summed E-state index contributed by atoms with van der Waals surface area (Å²) in [7, 11) is -3.03. The molecule has 2 saturated heterocycles. The third-order valence-corrected chi connectivity index (χ3v) is 5.36. The van der Waals surface area contributed by atoms with E-state index in [1.807, 2.05) is 11.8 Å². The van der Waals surface area contributed by atoms with Gasteiger partial charge in [-0.05, 0) is 18.1 Å². The molecule has 0 amide bonds. The zero-order valence-electron chi connectivity index (χ0n) is 8.03. The summed E-state index contributed by atoms with van der Waals surface area (Å²) in [5.74, 6) is 2.63. The molecule has 6 heteroatoms. The molecule has 2 heterocycles. The number of hydrogen-bond acceptors (Lipinski definition) is 4. The molecule has 1 atom stereocenters. The van der Waals surface area contributed by atoms with Gasteiger partial charge in [0.1, 0.15) is 0 Å². The maximum atomic E-state index is 11.6. The van der Waals surface area contributed by atoms with Crippen LogP contribution in [0.1, 0.15) is 6.42 Å². The second kappa shape index (κ2) is 4.38. The van der Waals surface area contributed by atoms with Crippen molar-refractivity contribution in [2.75, 3.05) is 30.3 Å². The molecule has 0 bridgehead atoms. The second-order valence-electron chi connectivity index (χ2n) is 3.98. The Morgan fingerprint density at radius 2 is 2.21 bits per heavy atom. The van der Waals surface area contributed by atoms with Crippen molar-refractivity contribution in [3.8, 4) is 0 Å². The minimum atomic E-state index is -3.03. The zero-order chi connectivity index (χ0) is 10.0. The molecule has 2 fully saturated rings. The Balaban J connectivity index is 1.81. The first-order chi connectivity index (χ1) is 6.66. The van der Waals surface area contributed by atoms with Gasteiger partial charge in [-0.25, -0.2) is 13.1 Å². The highest BCUT2D eigenvalue weighted by Crippen LogP contribution is 2.18. The van der Waals surface area contributed by atoms with Crippen LogP contribution in [0.4, 0.5) is 0 Å². The Hall–Kier alpha value is 0.220. The van der Waals surface area contributed by atoms with E-state index in [0.717, 1.165) is 31.0 Å². The monoisotopic (exact) mass is 236 g/mol. The Morgan fingerprint density at radius 1 is 1.43 bits per heavy atom. The summed E-state index contributed by atoms with van der Waals surface area (Å²) < 4.78 is 26.1. The second-order valence-corrected chi connectivity index (χ2v) is 6.93. The summed E-state index contributed by atoms with van der Waals surface area (Å²) in [4.78, 5) is 0. The number of nitrogens with one attached hydrogen (secondary N) is 2. The van der Waals surface area contributed by atoms with Crippen molar-refractivity contribution in [3.63, 3.8) is 0 Å². The maximum absolute atomic E-state index is 11.6. The van der Waals surface area contributed by atoms with Crippen LogP contribution < -0.4 is 10.0 Å². The summed E-state index contributed by atoms with van der Waals surface area (Å²) in [6.07, 6.45) is 0.979. The van der Waals surface area contributed by atoms with Crippen LogP contribution in [0.2, 0.25) is 0 Å². The first-order valence-corrected chi connectivity index (χ1v) is 7.75. The van der Waals surface area contributed by atoms with Crippen LogP contribution >= 0.6 is 11.8 Å². The van der Waals surface area contributed by atoms with E-state index in [1.165, 1.54) is 0 Å². The van der Waals surface area contributed by atoms with Crippen molar-refractivity contribution in [2.24, 2.45) is 5.92 Å². The van der Waals surface area contributed by atoms with Crippen LogP contribution in [0.3, 0.4) is 0 Å². The van der Waals surface area contributed by atoms with Gasteiger partial charge in [0.2, 0.25) is 10.0 Å². The predicted molar refractivity (Wildman–Crippen MR) is 59.0 cm³/mol. The largest absolute Gasteiger partial charge is 0.316 e. The van der Waals surface area contributed by atoms with Crippen molar-refractivity contribution >= 4 is 21.8 Å². The van der Waals surface area contributed by atoms with Crippen LogP contribution in [0.5, 0.6) is 0 Å². The van der Waals surface area contributed by atoms with E-state index in [0.29, 0.717) is 11.7 Å². The lowest BCUT2D eigenvalue weighted by atomic mass is 10.1. The normalized spacial score (nSPS) is 29.0. The van der Waals surface area contributed by atoms with Gasteiger partial charge in [0.15, 0.2) is 0 Å². The lowest BCUT2D eigenvalue weighted by Crippen LogP contribution is -2.48. The van der Waals surface area contributed by atoms with Crippen molar-refractivity contribution in [1.82, 2.24) is 10.0 Å². The van der Waals surface area contributed by atoms with Crippen LogP contribution in [-0.2, 0) is 10.0 Å². The van der Waals surface area contributed by atoms with Crippen LogP contribution in [0.15, 0.2) is 0 Å². The van der Waals surface area contributed by atoms with E-state index < -0.39 is 10.0 Å². The fourth-order valence-electron chi connectivity index (χ4n) is 1.71. The van der Waals surface area contributed by atoms with E-state index in [4.69, 9.17) is 0 Å². The Morgan fingerprint density at radius 3 is 2.71 bits per heavy atom. The number of rotatable bonds is 4. The molecular formula is C8H16N2O2S2. The van der Waals surface area contributed by atoms with Gasteiger partial charge in [0.05, 0.1) is 5.75 Å². The topological polar surface area (TPSA) is 58.2 Å². The van der Waals surface area contributed by atoms with E-state index in [9.17, 15) is 8.42 Å². The van der Waals surface area contributed by atoms with Crippen molar-refractivity contribution < 1.29 is 8.42 Å². The molecule has 82 valence electrons. The summed E-state index contributed by atoms with van der Waals surface area (Å²) in [6.45, 7) is 1.70. The third-order valence-electron chi connectivity index (χ3n) is 2.60. The maximum Gasteiger partial charge on any atom is 0.212 e. The molecule has 2 rings (SSSR count). The molecule has 4 nitrogen and oxygen atoms in total. The van der Waals surface area contributed by atoms with Crippen LogP contribution in [-0.4, -0.2) is 44.8 Å².